The maximum Gasteiger partial charge on any atom is 0.164 e. The minimum atomic E-state index is 0.648. The molecule has 0 atom stereocenters. The van der Waals surface area contributed by atoms with Crippen molar-refractivity contribution in [3.05, 3.63) is 170 Å². The van der Waals surface area contributed by atoms with Gasteiger partial charge in [0.2, 0.25) is 0 Å². The number of benzene rings is 6. The molecule has 0 aliphatic rings. The molecule has 0 N–H and O–H groups in total. The first kappa shape index (κ1) is 27.3. The summed E-state index contributed by atoms with van der Waals surface area (Å²) in [6, 6.07) is 54.6. The van der Waals surface area contributed by atoms with Crippen LogP contribution >= 0.6 is 0 Å². The number of hydrogen-bond donors (Lipinski definition) is 0. The Bertz CT molecular complexity index is 2210. The van der Waals surface area contributed by atoms with Crippen LogP contribution in [0.25, 0.3) is 78.3 Å². The molecule has 6 aromatic carbocycles. The monoisotopic (exact) mass is 588 g/mol. The van der Waals surface area contributed by atoms with E-state index >= 15 is 0 Å². The SMILES string of the molecule is c1ccc(-c2nc(-c3ccccc3)nc(-c3ccc(-c4ccc5cccc(-c6ccc(-c7cccnc7)cc6)c5c4)cc3)n2)cc1. The predicted molar refractivity (Wildman–Crippen MR) is 188 cm³/mol. The first-order valence-electron chi connectivity index (χ1n) is 15.3. The van der Waals surface area contributed by atoms with Crippen LogP contribution in [0.4, 0.5) is 0 Å². The van der Waals surface area contributed by atoms with Crippen LogP contribution in [-0.2, 0) is 0 Å². The first-order chi connectivity index (χ1) is 22.8. The smallest absolute Gasteiger partial charge is 0.164 e. The van der Waals surface area contributed by atoms with Gasteiger partial charge in [-0.1, -0.05) is 146 Å². The second-order valence-electron chi connectivity index (χ2n) is 11.2. The molecule has 0 saturated heterocycles. The van der Waals surface area contributed by atoms with E-state index in [4.69, 9.17) is 15.0 Å². The molecule has 8 aromatic rings. The number of fused-ring (bicyclic) bond motifs is 1. The number of rotatable bonds is 6. The summed E-state index contributed by atoms with van der Waals surface area (Å²) in [5, 5.41) is 2.43. The van der Waals surface area contributed by atoms with E-state index < -0.39 is 0 Å². The highest BCUT2D eigenvalue weighted by atomic mass is 15.0. The molecule has 0 aliphatic carbocycles. The molecule has 2 heterocycles. The average Bonchev–Trinajstić information content (AvgIpc) is 3.15. The predicted octanol–water partition coefficient (Wildman–Crippen LogP) is 10.4. The van der Waals surface area contributed by atoms with Crippen LogP contribution < -0.4 is 0 Å². The molecule has 0 unspecified atom stereocenters. The summed E-state index contributed by atoms with van der Waals surface area (Å²) in [5.41, 5.74) is 9.81. The van der Waals surface area contributed by atoms with Gasteiger partial charge in [0.05, 0.1) is 0 Å². The molecule has 4 nitrogen and oxygen atoms in total. The minimum Gasteiger partial charge on any atom is -0.264 e. The highest BCUT2D eigenvalue weighted by Gasteiger charge is 2.13. The Labute approximate surface area is 267 Å². The Hall–Kier alpha value is -6.26. The number of aromatic nitrogens is 4. The molecule has 0 fully saturated rings. The van der Waals surface area contributed by atoms with Crippen molar-refractivity contribution in [1.29, 1.82) is 0 Å². The maximum absolute atomic E-state index is 4.89. The average molecular weight is 589 g/mol. The Balaban J connectivity index is 1.14. The van der Waals surface area contributed by atoms with E-state index in [9.17, 15) is 0 Å². The molecule has 46 heavy (non-hydrogen) atoms. The van der Waals surface area contributed by atoms with Gasteiger partial charge < -0.3 is 0 Å². The van der Waals surface area contributed by atoms with Crippen molar-refractivity contribution in [3.63, 3.8) is 0 Å². The lowest BCUT2D eigenvalue weighted by atomic mass is 9.93. The van der Waals surface area contributed by atoms with Gasteiger partial charge >= 0.3 is 0 Å². The Morgan fingerprint density at radius 2 is 0.826 bits per heavy atom. The van der Waals surface area contributed by atoms with Gasteiger partial charge in [0.15, 0.2) is 17.5 Å². The van der Waals surface area contributed by atoms with Gasteiger partial charge in [-0.2, -0.15) is 0 Å². The van der Waals surface area contributed by atoms with Gasteiger partial charge in [-0.3, -0.25) is 4.98 Å². The van der Waals surface area contributed by atoms with E-state index in [-0.39, 0.29) is 0 Å². The standard InChI is InChI=1S/C42H28N4/c1-3-9-33(10-4-1)40-44-41(34-11-5-2-6-12-34)46-42(45-40)35-23-18-29(19-24-35)36-25-22-31-13-7-15-38(39(31)27-36)32-20-16-30(17-21-32)37-14-8-26-43-28-37/h1-28H. The summed E-state index contributed by atoms with van der Waals surface area (Å²) in [6.07, 6.45) is 3.70. The Morgan fingerprint density at radius 3 is 1.41 bits per heavy atom. The van der Waals surface area contributed by atoms with Crippen molar-refractivity contribution < 1.29 is 0 Å². The molecule has 0 bridgehead atoms. The fraction of sp³-hybridized carbons (Fsp3) is 0. The molecule has 0 radical (unpaired) electrons. The maximum atomic E-state index is 4.89. The molecule has 2 aromatic heterocycles. The Morgan fingerprint density at radius 1 is 0.326 bits per heavy atom. The number of pyridine rings is 1. The van der Waals surface area contributed by atoms with Crippen molar-refractivity contribution in [2.24, 2.45) is 0 Å². The van der Waals surface area contributed by atoms with E-state index in [1.807, 2.05) is 72.9 Å². The van der Waals surface area contributed by atoms with Gasteiger partial charge in [-0.05, 0) is 56.3 Å². The van der Waals surface area contributed by atoms with E-state index in [1.165, 1.54) is 21.9 Å². The van der Waals surface area contributed by atoms with Crippen LogP contribution in [0, 0.1) is 0 Å². The fourth-order valence-electron chi connectivity index (χ4n) is 5.83. The fourth-order valence-corrected chi connectivity index (χ4v) is 5.83. The van der Waals surface area contributed by atoms with Gasteiger partial charge in [0.25, 0.3) is 0 Å². The van der Waals surface area contributed by atoms with Gasteiger partial charge in [-0.25, -0.2) is 15.0 Å². The van der Waals surface area contributed by atoms with Crippen molar-refractivity contribution in [3.8, 4) is 67.5 Å². The normalized spacial score (nSPS) is 11.0. The third-order valence-corrected chi connectivity index (χ3v) is 8.25. The molecule has 0 saturated carbocycles. The van der Waals surface area contributed by atoms with Gasteiger partial charge in [-0.15, -0.1) is 0 Å². The van der Waals surface area contributed by atoms with Gasteiger partial charge in [0.1, 0.15) is 0 Å². The first-order valence-corrected chi connectivity index (χ1v) is 15.3. The lowest BCUT2D eigenvalue weighted by Gasteiger charge is -2.11. The van der Waals surface area contributed by atoms with Crippen LogP contribution in [0.3, 0.4) is 0 Å². The quantitative estimate of drug-likeness (QED) is 0.194. The zero-order chi connectivity index (χ0) is 30.7. The zero-order valence-electron chi connectivity index (χ0n) is 25.0. The lowest BCUT2D eigenvalue weighted by Crippen LogP contribution is -2.00. The molecule has 0 amide bonds. The highest BCUT2D eigenvalue weighted by molar-refractivity contribution is 5.99. The second kappa shape index (κ2) is 12.0. The van der Waals surface area contributed by atoms with Crippen molar-refractivity contribution in [2.75, 3.05) is 0 Å². The number of nitrogens with zero attached hydrogens (tertiary/aromatic N) is 4. The summed E-state index contributed by atoms with van der Waals surface area (Å²) >= 11 is 0. The van der Waals surface area contributed by atoms with Crippen LogP contribution in [0.2, 0.25) is 0 Å². The van der Waals surface area contributed by atoms with Crippen LogP contribution in [-0.4, -0.2) is 19.9 Å². The molecular weight excluding hydrogens is 560 g/mol. The molecule has 0 spiro atoms. The molecule has 4 heteroatoms. The molecule has 0 aliphatic heterocycles. The third kappa shape index (κ3) is 5.44. The third-order valence-electron chi connectivity index (χ3n) is 8.25. The summed E-state index contributed by atoms with van der Waals surface area (Å²) in [4.78, 5) is 18.9. The minimum absolute atomic E-state index is 0.648. The topological polar surface area (TPSA) is 51.6 Å². The van der Waals surface area contributed by atoms with Gasteiger partial charge in [0, 0.05) is 29.1 Å². The lowest BCUT2D eigenvalue weighted by molar-refractivity contribution is 1.07. The zero-order valence-corrected chi connectivity index (χ0v) is 25.0. The van der Waals surface area contributed by atoms with Crippen LogP contribution in [0.5, 0.6) is 0 Å². The van der Waals surface area contributed by atoms with E-state index in [1.54, 1.807) is 6.20 Å². The number of hydrogen-bond acceptors (Lipinski definition) is 4. The van der Waals surface area contributed by atoms with E-state index in [0.29, 0.717) is 17.5 Å². The van der Waals surface area contributed by atoms with Crippen molar-refractivity contribution >= 4 is 10.8 Å². The summed E-state index contributed by atoms with van der Waals surface area (Å²) in [7, 11) is 0. The molecule has 8 rings (SSSR count). The summed E-state index contributed by atoms with van der Waals surface area (Å²) in [5.74, 6) is 1.96. The van der Waals surface area contributed by atoms with Crippen LogP contribution in [0.15, 0.2) is 170 Å². The molecular formula is C42H28N4. The van der Waals surface area contributed by atoms with E-state index in [0.717, 1.165) is 38.9 Å². The largest absolute Gasteiger partial charge is 0.264 e. The van der Waals surface area contributed by atoms with E-state index in [2.05, 4.69) is 96.0 Å². The molecule has 216 valence electrons. The second-order valence-corrected chi connectivity index (χ2v) is 11.2. The Kier molecular flexibility index (Phi) is 7.14. The highest BCUT2D eigenvalue weighted by Crippen LogP contribution is 2.34. The van der Waals surface area contributed by atoms with Crippen LogP contribution in [0.1, 0.15) is 0 Å². The van der Waals surface area contributed by atoms with Crippen molar-refractivity contribution in [1.82, 2.24) is 19.9 Å². The summed E-state index contributed by atoms with van der Waals surface area (Å²) in [6.45, 7) is 0. The van der Waals surface area contributed by atoms with Crippen molar-refractivity contribution in [2.45, 2.75) is 0 Å². The summed E-state index contributed by atoms with van der Waals surface area (Å²) < 4.78 is 0.